The molecule has 0 radical (unpaired) electrons. The smallest absolute Gasteiger partial charge is 0.251 e. The first-order valence-electron chi connectivity index (χ1n) is 5.57. The Morgan fingerprint density at radius 2 is 1.82 bits per heavy atom. The molecule has 0 unspecified atom stereocenters. The number of nitrogens with two attached hydrogens (primary N) is 1. The predicted octanol–water partition coefficient (Wildman–Crippen LogP) is 2.95. The van der Waals surface area contributed by atoms with Crippen LogP contribution in [0.3, 0.4) is 0 Å². The van der Waals surface area contributed by atoms with E-state index in [9.17, 15) is 13.2 Å². The Morgan fingerprint density at radius 1 is 1.24 bits per heavy atom. The van der Waals surface area contributed by atoms with Crippen LogP contribution in [0.1, 0.15) is 18.4 Å². The van der Waals surface area contributed by atoms with Crippen molar-refractivity contribution < 1.29 is 13.2 Å². The molecule has 2 nitrogen and oxygen atoms in total. The zero-order valence-electron chi connectivity index (χ0n) is 9.64. The van der Waals surface area contributed by atoms with Gasteiger partial charge in [0.05, 0.1) is 5.69 Å². The highest BCUT2D eigenvalue weighted by Gasteiger charge is 2.34. The third kappa shape index (κ3) is 2.48. The van der Waals surface area contributed by atoms with Crippen LogP contribution in [0.4, 0.5) is 24.5 Å². The number of benzene rings is 1. The maximum absolute atomic E-state index is 13.9. The molecule has 1 aromatic carbocycles. The zero-order chi connectivity index (χ0) is 12.6. The highest BCUT2D eigenvalue weighted by atomic mass is 19.3. The summed E-state index contributed by atoms with van der Waals surface area (Å²) in [5.74, 6) is -2.99. The normalized spacial score (nSPS) is 19.4. The number of halogens is 3. The van der Waals surface area contributed by atoms with E-state index in [1.54, 1.807) is 11.8 Å². The molecule has 5 heteroatoms. The fourth-order valence-electron chi connectivity index (χ4n) is 2.08. The van der Waals surface area contributed by atoms with Gasteiger partial charge in [0.25, 0.3) is 5.92 Å². The molecule has 0 spiro atoms. The molecule has 1 heterocycles. The fraction of sp³-hybridized carbons (Fsp3) is 0.500. The van der Waals surface area contributed by atoms with Crippen molar-refractivity contribution in [1.29, 1.82) is 0 Å². The molecule has 1 saturated heterocycles. The Hall–Kier alpha value is -1.39. The molecule has 0 atom stereocenters. The summed E-state index contributed by atoms with van der Waals surface area (Å²) >= 11 is 0. The molecule has 0 amide bonds. The van der Waals surface area contributed by atoms with Crippen LogP contribution >= 0.6 is 0 Å². The summed E-state index contributed by atoms with van der Waals surface area (Å²) in [6, 6.07) is 3.04. The summed E-state index contributed by atoms with van der Waals surface area (Å²) < 4.78 is 39.9. The first-order valence-corrected chi connectivity index (χ1v) is 5.57. The summed E-state index contributed by atoms with van der Waals surface area (Å²) in [6.07, 6.45) is -0.472. The molecular formula is C12H15F3N2. The van der Waals surface area contributed by atoms with Gasteiger partial charge < -0.3 is 10.6 Å². The second kappa shape index (κ2) is 4.13. The van der Waals surface area contributed by atoms with Gasteiger partial charge in [-0.3, -0.25) is 0 Å². The Labute approximate surface area is 98.2 Å². The number of hydrogen-bond acceptors (Lipinski definition) is 2. The highest BCUT2D eigenvalue weighted by molar-refractivity contribution is 5.59. The molecule has 0 saturated carbocycles. The number of rotatable bonds is 1. The topological polar surface area (TPSA) is 29.3 Å². The SMILES string of the molecule is Cc1cc(N)cc(N2CCC(F)(F)CC2)c1F. The second-order valence-corrected chi connectivity index (χ2v) is 4.51. The predicted molar refractivity (Wildman–Crippen MR) is 61.9 cm³/mol. The van der Waals surface area contributed by atoms with Gasteiger partial charge in [-0.15, -0.1) is 0 Å². The van der Waals surface area contributed by atoms with Gasteiger partial charge in [-0.25, -0.2) is 13.2 Å². The lowest BCUT2D eigenvalue weighted by Crippen LogP contribution is -2.39. The molecule has 1 fully saturated rings. The van der Waals surface area contributed by atoms with Gasteiger partial charge in [0.1, 0.15) is 5.82 Å². The van der Waals surface area contributed by atoms with Gasteiger partial charge in [-0.2, -0.15) is 0 Å². The van der Waals surface area contributed by atoms with Crippen molar-refractivity contribution in [2.45, 2.75) is 25.7 Å². The van der Waals surface area contributed by atoms with Gasteiger partial charge >= 0.3 is 0 Å². The number of aryl methyl sites for hydroxylation is 1. The van der Waals surface area contributed by atoms with Crippen LogP contribution < -0.4 is 10.6 Å². The van der Waals surface area contributed by atoms with E-state index in [1.165, 1.54) is 12.1 Å². The number of nitrogen functional groups attached to an aromatic ring is 1. The first kappa shape index (κ1) is 12.1. The molecule has 1 aliphatic rings. The zero-order valence-corrected chi connectivity index (χ0v) is 9.64. The first-order chi connectivity index (χ1) is 7.89. The van der Waals surface area contributed by atoms with Crippen molar-refractivity contribution in [3.63, 3.8) is 0 Å². The average Bonchev–Trinajstić information content (AvgIpc) is 2.24. The maximum Gasteiger partial charge on any atom is 0.251 e. The van der Waals surface area contributed by atoms with Crippen molar-refractivity contribution >= 4 is 11.4 Å². The highest BCUT2D eigenvalue weighted by Crippen LogP contribution is 2.33. The van der Waals surface area contributed by atoms with E-state index in [4.69, 9.17) is 5.73 Å². The molecule has 17 heavy (non-hydrogen) atoms. The number of nitrogens with zero attached hydrogens (tertiary/aromatic N) is 1. The molecule has 1 aromatic rings. The largest absolute Gasteiger partial charge is 0.399 e. The van der Waals surface area contributed by atoms with Crippen molar-refractivity contribution in [2.24, 2.45) is 0 Å². The van der Waals surface area contributed by atoms with E-state index < -0.39 is 5.92 Å². The molecule has 2 rings (SSSR count). The third-order valence-corrected chi connectivity index (χ3v) is 3.09. The lowest BCUT2D eigenvalue weighted by Gasteiger charge is -2.33. The minimum absolute atomic E-state index is 0.160. The van der Waals surface area contributed by atoms with E-state index in [0.717, 1.165) is 0 Å². The van der Waals surface area contributed by atoms with Gasteiger partial charge in [-0.1, -0.05) is 0 Å². The standard InChI is InChI=1S/C12H15F3N2/c1-8-6-9(16)7-10(11(8)13)17-4-2-12(14,15)3-5-17/h6-7H,2-5,16H2,1H3. The van der Waals surface area contributed by atoms with Crippen molar-refractivity contribution in [1.82, 2.24) is 0 Å². The Balaban J connectivity index is 2.24. The summed E-state index contributed by atoms with van der Waals surface area (Å²) in [5, 5.41) is 0. The Bertz CT molecular complexity index is 422. The van der Waals surface area contributed by atoms with Crippen LogP contribution in [0.2, 0.25) is 0 Å². The van der Waals surface area contributed by atoms with Crippen molar-refractivity contribution in [3.05, 3.63) is 23.5 Å². The van der Waals surface area contributed by atoms with Gasteiger partial charge in [-0.05, 0) is 24.6 Å². The molecule has 0 aliphatic carbocycles. The second-order valence-electron chi connectivity index (χ2n) is 4.51. The number of anilines is 2. The maximum atomic E-state index is 13.9. The lowest BCUT2D eigenvalue weighted by atomic mass is 10.0. The number of hydrogen-bond donors (Lipinski definition) is 1. The summed E-state index contributed by atoms with van der Waals surface area (Å²) in [7, 11) is 0. The van der Waals surface area contributed by atoms with Crippen LogP contribution in [-0.4, -0.2) is 19.0 Å². The molecule has 2 N–H and O–H groups in total. The third-order valence-electron chi connectivity index (χ3n) is 3.09. The number of piperidine rings is 1. The molecular weight excluding hydrogens is 229 g/mol. The monoisotopic (exact) mass is 244 g/mol. The van der Waals surface area contributed by atoms with Crippen LogP contribution in [0.25, 0.3) is 0 Å². The quantitative estimate of drug-likeness (QED) is 0.769. The van der Waals surface area contributed by atoms with Crippen LogP contribution in [0, 0.1) is 12.7 Å². The van der Waals surface area contributed by atoms with E-state index >= 15 is 0 Å². The molecule has 0 aromatic heterocycles. The van der Waals surface area contributed by atoms with E-state index in [1.807, 2.05) is 0 Å². The fourth-order valence-corrected chi connectivity index (χ4v) is 2.08. The van der Waals surface area contributed by atoms with Gasteiger partial charge in [0.2, 0.25) is 0 Å². The Kier molecular flexibility index (Phi) is 2.93. The van der Waals surface area contributed by atoms with E-state index in [2.05, 4.69) is 0 Å². The van der Waals surface area contributed by atoms with Gasteiger partial charge in [0.15, 0.2) is 0 Å². The molecule has 94 valence electrons. The van der Waals surface area contributed by atoms with Crippen LogP contribution in [-0.2, 0) is 0 Å². The summed E-state index contributed by atoms with van der Waals surface area (Å²) in [4.78, 5) is 1.64. The summed E-state index contributed by atoms with van der Waals surface area (Å²) in [5.41, 5.74) is 6.88. The van der Waals surface area contributed by atoms with Crippen LogP contribution in [0.15, 0.2) is 12.1 Å². The minimum atomic E-state index is -2.62. The molecule has 0 bridgehead atoms. The lowest BCUT2D eigenvalue weighted by molar-refractivity contribution is -0.0221. The van der Waals surface area contributed by atoms with Crippen molar-refractivity contribution in [2.75, 3.05) is 23.7 Å². The Morgan fingerprint density at radius 3 is 2.41 bits per heavy atom. The minimum Gasteiger partial charge on any atom is -0.399 e. The van der Waals surface area contributed by atoms with E-state index in [0.29, 0.717) is 16.9 Å². The average molecular weight is 244 g/mol. The van der Waals surface area contributed by atoms with Gasteiger partial charge in [0, 0.05) is 31.6 Å². The van der Waals surface area contributed by atoms with Crippen molar-refractivity contribution in [3.8, 4) is 0 Å². The number of alkyl halides is 2. The molecule has 1 aliphatic heterocycles. The van der Waals surface area contributed by atoms with Crippen LogP contribution in [0.5, 0.6) is 0 Å². The van der Waals surface area contributed by atoms with E-state index in [-0.39, 0.29) is 31.7 Å². The summed E-state index contributed by atoms with van der Waals surface area (Å²) in [6.45, 7) is 1.94.